The van der Waals surface area contributed by atoms with E-state index in [0.29, 0.717) is 25.7 Å². The van der Waals surface area contributed by atoms with E-state index in [-0.39, 0.29) is 36.1 Å². The minimum Gasteiger partial charge on any atom is -0.481 e. The van der Waals surface area contributed by atoms with Crippen molar-refractivity contribution >= 4 is 23.5 Å². The maximum absolute atomic E-state index is 14.5. The molecule has 1 aliphatic heterocycles. The van der Waals surface area contributed by atoms with Crippen LogP contribution in [0.2, 0.25) is 0 Å². The lowest BCUT2D eigenvalue weighted by Gasteiger charge is -2.28. The van der Waals surface area contributed by atoms with Gasteiger partial charge in [-0.15, -0.1) is 0 Å². The Labute approximate surface area is 149 Å². The van der Waals surface area contributed by atoms with Gasteiger partial charge in [-0.3, -0.25) is 19.7 Å². The third-order valence-electron chi connectivity index (χ3n) is 5.11. The Kier molecular flexibility index (Phi) is 5.20. The van der Waals surface area contributed by atoms with Gasteiger partial charge in [-0.25, -0.2) is 8.78 Å². The lowest BCUT2D eigenvalue weighted by atomic mass is 9.86. The van der Waals surface area contributed by atoms with Crippen LogP contribution in [-0.2, 0) is 14.4 Å². The van der Waals surface area contributed by atoms with E-state index in [2.05, 4.69) is 10.6 Å². The van der Waals surface area contributed by atoms with E-state index in [9.17, 15) is 23.2 Å². The molecule has 1 saturated carbocycles. The van der Waals surface area contributed by atoms with Crippen LogP contribution in [0.3, 0.4) is 0 Å². The number of amides is 2. The van der Waals surface area contributed by atoms with Crippen molar-refractivity contribution in [3.63, 3.8) is 0 Å². The Morgan fingerprint density at radius 2 is 1.69 bits per heavy atom. The Morgan fingerprint density at radius 1 is 1.08 bits per heavy atom. The van der Waals surface area contributed by atoms with Crippen molar-refractivity contribution in [1.29, 1.82) is 0 Å². The van der Waals surface area contributed by atoms with Gasteiger partial charge in [0.05, 0.1) is 11.8 Å². The number of carbonyl (C=O) groups is 3. The number of hydrogen-bond donors (Lipinski definition) is 3. The van der Waals surface area contributed by atoms with Gasteiger partial charge in [-0.2, -0.15) is 0 Å². The third kappa shape index (κ3) is 3.84. The summed E-state index contributed by atoms with van der Waals surface area (Å²) in [5, 5.41) is 14.1. The number of rotatable bonds is 4. The zero-order chi connectivity index (χ0) is 18.8. The standard InChI is InChI=1S/C18H20F2N2O4/c19-13-7-11(21-10-3-1-9(2-4-10)18(25)26)8-14(20)16(13)12-5-6-15(23)22-17(12)24/h7-10,12,21H,1-6H2,(H,25,26)(H,22,23,24)/t9?,10?,12-/m1/s1. The zero-order valence-electron chi connectivity index (χ0n) is 14.1. The lowest BCUT2D eigenvalue weighted by Crippen LogP contribution is -2.40. The second kappa shape index (κ2) is 7.39. The third-order valence-corrected chi connectivity index (χ3v) is 5.11. The van der Waals surface area contributed by atoms with Gasteiger partial charge in [0.15, 0.2) is 0 Å². The second-order valence-electron chi connectivity index (χ2n) is 6.89. The molecule has 8 heteroatoms. The molecular weight excluding hydrogens is 346 g/mol. The van der Waals surface area contributed by atoms with Gasteiger partial charge in [0.1, 0.15) is 11.6 Å². The molecule has 1 aromatic rings. The number of halogens is 2. The largest absolute Gasteiger partial charge is 0.481 e. The highest BCUT2D eigenvalue weighted by molar-refractivity contribution is 6.01. The van der Waals surface area contributed by atoms with E-state index in [1.807, 2.05) is 0 Å². The lowest BCUT2D eigenvalue weighted by molar-refractivity contribution is -0.143. The average Bonchev–Trinajstić information content (AvgIpc) is 2.56. The van der Waals surface area contributed by atoms with E-state index in [1.54, 1.807) is 0 Å². The summed E-state index contributed by atoms with van der Waals surface area (Å²) in [7, 11) is 0. The molecule has 1 aliphatic carbocycles. The van der Waals surface area contributed by atoms with Crippen LogP contribution in [0.15, 0.2) is 12.1 Å². The number of carboxylic acid groups (broad SMARTS) is 1. The molecule has 6 nitrogen and oxygen atoms in total. The first-order valence-electron chi connectivity index (χ1n) is 8.67. The molecule has 2 fully saturated rings. The van der Waals surface area contributed by atoms with E-state index in [1.165, 1.54) is 0 Å². The van der Waals surface area contributed by atoms with Crippen molar-refractivity contribution < 1.29 is 28.3 Å². The summed E-state index contributed by atoms with van der Waals surface area (Å²) < 4.78 is 28.9. The van der Waals surface area contributed by atoms with Crippen LogP contribution in [-0.4, -0.2) is 28.9 Å². The molecular formula is C18H20F2N2O4. The van der Waals surface area contributed by atoms with Crippen molar-refractivity contribution in [1.82, 2.24) is 5.32 Å². The fraction of sp³-hybridized carbons (Fsp3) is 0.500. The number of hydrogen-bond acceptors (Lipinski definition) is 4. The molecule has 26 heavy (non-hydrogen) atoms. The van der Waals surface area contributed by atoms with Crippen molar-refractivity contribution in [2.75, 3.05) is 5.32 Å². The molecule has 2 amide bonds. The number of aliphatic carboxylic acids is 1. The summed E-state index contributed by atoms with van der Waals surface area (Å²) in [4.78, 5) is 34.0. The SMILES string of the molecule is O=C1CC[C@H](c2c(F)cc(NC3CCC(C(=O)O)CC3)cc2F)C(=O)N1. The number of imide groups is 1. The molecule has 2 aliphatic rings. The summed E-state index contributed by atoms with van der Waals surface area (Å²) in [5.74, 6) is -4.99. The number of nitrogens with one attached hydrogen (secondary N) is 2. The van der Waals surface area contributed by atoms with Gasteiger partial charge in [-0.05, 0) is 44.2 Å². The number of benzene rings is 1. The molecule has 3 N–H and O–H groups in total. The number of carboxylic acids is 1. The van der Waals surface area contributed by atoms with Gasteiger partial charge in [0.25, 0.3) is 0 Å². The summed E-state index contributed by atoms with van der Waals surface area (Å²) >= 11 is 0. The van der Waals surface area contributed by atoms with Crippen molar-refractivity contribution in [2.24, 2.45) is 5.92 Å². The van der Waals surface area contributed by atoms with Crippen LogP contribution >= 0.6 is 0 Å². The minimum absolute atomic E-state index is 0.0438. The predicted molar refractivity (Wildman–Crippen MR) is 88.5 cm³/mol. The van der Waals surface area contributed by atoms with Crippen LogP contribution in [0.5, 0.6) is 0 Å². The first kappa shape index (κ1) is 18.3. The Bertz CT molecular complexity index is 722. The maximum atomic E-state index is 14.5. The molecule has 140 valence electrons. The number of carbonyl (C=O) groups excluding carboxylic acids is 2. The Balaban J connectivity index is 1.71. The molecule has 1 saturated heterocycles. The molecule has 1 aromatic carbocycles. The smallest absolute Gasteiger partial charge is 0.306 e. The maximum Gasteiger partial charge on any atom is 0.306 e. The molecule has 0 bridgehead atoms. The van der Waals surface area contributed by atoms with Crippen LogP contribution in [0.4, 0.5) is 14.5 Å². The molecule has 0 unspecified atom stereocenters. The van der Waals surface area contributed by atoms with Gasteiger partial charge >= 0.3 is 5.97 Å². The van der Waals surface area contributed by atoms with Crippen molar-refractivity contribution in [3.8, 4) is 0 Å². The van der Waals surface area contributed by atoms with Gasteiger partial charge in [0, 0.05) is 23.7 Å². The van der Waals surface area contributed by atoms with Gasteiger partial charge < -0.3 is 10.4 Å². The van der Waals surface area contributed by atoms with Crippen LogP contribution in [0, 0.1) is 17.6 Å². The summed E-state index contributed by atoms with van der Waals surface area (Å²) in [6.45, 7) is 0. The molecule has 0 radical (unpaired) electrons. The second-order valence-corrected chi connectivity index (χ2v) is 6.89. The van der Waals surface area contributed by atoms with E-state index in [0.717, 1.165) is 12.1 Å². The van der Waals surface area contributed by atoms with Crippen LogP contribution < -0.4 is 10.6 Å². The number of anilines is 1. The van der Waals surface area contributed by atoms with Crippen molar-refractivity contribution in [2.45, 2.75) is 50.5 Å². The highest BCUT2D eigenvalue weighted by Gasteiger charge is 2.33. The summed E-state index contributed by atoms with van der Waals surface area (Å²) in [5.41, 5.74) is -0.0649. The summed E-state index contributed by atoms with van der Waals surface area (Å²) in [6.07, 6.45) is 2.37. The average molecular weight is 366 g/mol. The van der Waals surface area contributed by atoms with E-state index in [4.69, 9.17) is 5.11 Å². The Hall–Kier alpha value is -2.51. The molecule has 1 heterocycles. The highest BCUT2D eigenvalue weighted by Crippen LogP contribution is 2.32. The molecule has 0 aromatic heterocycles. The first-order valence-corrected chi connectivity index (χ1v) is 8.67. The topological polar surface area (TPSA) is 95.5 Å². The number of piperidine rings is 1. The zero-order valence-corrected chi connectivity index (χ0v) is 14.1. The van der Waals surface area contributed by atoms with Crippen molar-refractivity contribution in [3.05, 3.63) is 29.3 Å². The van der Waals surface area contributed by atoms with Gasteiger partial charge in [-0.1, -0.05) is 0 Å². The van der Waals surface area contributed by atoms with E-state index >= 15 is 0 Å². The molecule has 1 atom stereocenters. The summed E-state index contributed by atoms with van der Waals surface area (Å²) in [6, 6.07) is 2.24. The fourth-order valence-electron chi connectivity index (χ4n) is 3.69. The van der Waals surface area contributed by atoms with Crippen LogP contribution in [0.25, 0.3) is 0 Å². The highest BCUT2D eigenvalue weighted by atomic mass is 19.1. The minimum atomic E-state index is -1.02. The van der Waals surface area contributed by atoms with Crippen LogP contribution in [0.1, 0.15) is 50.0 Å². The monoisotopic (exact) mass is 366 g/mol. The fourth-order valence-corrected chi connectivity index (χ4v) is 3.69. The first-order chi connectivity index (χ1) is 12.3. The predicted octanol–water partition coefficient (Wildman–Crippen LogP) is 2.54. The van der Waals surface area contributed by atoms with E-state index < -0.39 is 35.3 Å². The van der Waals surface area contributed by atoms with Gasteiger partial charge in [0.2, 0.25) is 11.8 Å². The Morgan fingerprint density at radius 3 is 2.23 bits per heavy atom. The quantitative estimate of drug-likeness (QED) is 0.712. The molecule has 3 rings (SSSR count). The normalized spacial score (nSPS) is 26.3. The molecule has 0 spiro atoms.